The van der Waals surface area contributed by atoms with Crippen LogP contribution in [0.1, 0.15) is 108 Å². The van der Waals surface area contributed by atoms with Crippen LogP contribution in [0.5, 0.6) is 0 Å². The Morgan fingerprint density at radius 1 is 0.976 bits per heavy atom. The van der Waals surface area contributed by atoms with Crippen molar-refractivity contribution in [3.63, 3.8) is 0 Å². The smallest absolute Gasteiger partial charge is 0.338 e. The Labute approximate surface area is 238 Å². The van der Waals surface area contributed by atoms with Crippen molar-refractivity contribution in [1.82, 2.24) is 19.9 Å². The van der Waals surface area contributed by atoms with E-state index in [-0.39, 0.29) is 23.8 Å². The number of carboxylic acids is 2. The average molecular weight is 553 g/mol. The molecule has 41 heavy (non-hydrogen) atoms. The molecule has 3 aromatic rings. The lowest BCUT2D eigenvalue weighted by molar-refractivity contribution is -0.136. The summed E-state index contributed by atoms with van der Waals surface area (Å²) < 4.78 is 0. The Hall–Kier alpha value is -4.46. The number of hydrogen-bond acceptors (Lipinski definition) is 4. The molecule has 212 valence electrons. The average Bonchev–Trinajstić information content (AvgIpc) is 3.59. The van der Waals surface area contributed by atoms with E-state index >= 15 is 0 Å². The number of aromatic carboxylic acids is 1. The molecule has 0 saturated carbocycles. The molecule has 0 saturated heterocycles. The highest BCUT2D eigenvalue weighted by molar-refractivity contribution is 6.02. The topological polar surface area (TPSA) is 132 Å². The van der Waals surface area contributed by atoms with Gasteiger partial charge in [-0.25, -0.2) is 9.78 Å². The van der Waals surface area contributed by atoms with Crippen molar-refractivity contribution in [1.29, 1.82) is 0 Å². The van der Waals surface area contributed by atoms with Gasteiger partial charge < -0.3 is 20.2 Å². The number of aromatic nitrogens is 4. The molecule has 0 spiro atoms. The normalized spacial score (nSPS) is 16.7. The molecular weight excluding hydrogens is 516 g/mol. The molecule has 0 fully saturated rings. The molecule has 5 rings (SSSR count). The second-order valence-corrected chi connectivity index (χ2v) is 11.0. The van der Waals surface area contributed by atoms with Crippen LogP contribution in [0.15, 0.2) is 24.8 Å². The lowest BCUT2D eigenvalue weighted by Gasteiger charge is -2.15. The van der Waals surface area contributed by atoms with Crippen molar-refractivity contribution in [2.75, 3.05) is 0 Å². The molecule has 0 aromatic carbocycles. The van der Waals surface area contributed by atoms with Gasteiger partial charge in [0.2, 0.25) is 0 Å². The number of hydrogen-bond donors (Lipinski definition) is 4. The van der Waals surface area contributed by atoms with Crippen molar-refractivity contribution in [3.05, 3.63) is 75.4 Å². The number of carbonyl (C=O) groups is 2. The molecule has 8 nitrogen and oxygen atoms in total. The highest BCUT2D eigenvalue weighted by Gasteiger charge is 2.32. The van der Waals surface area contributed by atoms with E-state index in [9.17, 15) is 19.8 Å². The Bertz CT molecular complexity index is 1820. The largest absolute Gasteiger partial charge is 0.481 e. The predicted octanol–water partition coefficient (Wildman–Crippen LogP) is 7.54. The number of allylic oxidation sites excluding steroid dienone is 2. The third-order valence-corrected chi connectivity index (χ3v) is 8.72. The maximum Gasteiger partial charge on any atom is 0.338 e. The quantitative estimate of drug-likeness (QED) is 0.250. The van der Waals surface area contributed by atoms with Crippen LogP contribution >= 0.6 is 0 Å². The van der Waals surface area contributed by atoms with E-state index < -0.39 is 11.9 Å². The van der Waals surface area contributed by atoms with E-state index in [4.69, 9.17) is 9.97 Å². The standard InChI is InChI=1S/C33H36N4O4/c1-8-19-15(4)23-12-25-17(6)21(10-3)31(36-25)22(11-29(38)39)32-30(33(40)41)18(7)26(37-32)14-28-20(9-2)16(5)24(35-28)13-27(19)34-23/h8,12-14,17,21,34,37H,1,9-11H2,2-7H3,(H,38,39)(H,40,41)/t17-,21-/m0/s1. The van der Waals surface area contributed by atoms with Gasteiger partial charge in [-0.1, -0.05) is 33.4 Å². The lowest BCUT2D eigenvalue weighted by atomic mass is 9.86. The van der Waals surface area contributed by atoms with E-state index in [0.717, 1.165) is 63.2 Å². The molecule has 2 aliphatic heterocycles. The van der Waals surface area contributed by atoms with Crippen molar-refractivity contribution in [2.45, 2.75) is 72.6 Å². The van der Waals surface area contributed by atoms with Gasteiger partial charge in [-0.3, -0.25) is 9.78 Å². The van der Waals surface area contributed by atoms with Gasteiger partial charge in [0.1, 0.15) is 0 Å². The molecule has 8 bridgehead atoms. The number of aryl methyl sites for hydroxylation is 2. The zero-order valence-electron chi connectivity index (χ0n) is 24.4. The van der Waals surface area contributed by atoms with Gasteiger partial charge in [0.25, 0.3) is 0 Å². The molecular formula is C33H36N4O4. The third kappa shape index (κ3) is 4.57. The summed E-state index contributed by atoms with van der Waals surface area (Å²) in [6.07, 6.45) is 2.96. The van der Waals surface area contributed by atoms with Crippen LogP contribution < -0.4 is 0 Å². The molecule has 3 aromatic heterocycles. The molecule has 0 amide bonds. The Kier molecular flexibility index (Phi) is 7.19. The summed E-state index contributed by atoms with van der Waals surface area (Å²) in [6.45, 7) is 16.1. The minimum Gasteiger partial charge on any atom is -0.481 e. The number of fused-ring (bicyclic) bond motifs is 8. The third-order valence-electron chi connectivity index (χ3n) is 8.72. The van der Waals surface area contributed by atoms with Crippen LogP contribution in [0.4, 0.5) is 0 Å². The van der Waals surface area contributed by atoms with Crippen LogP contribution in [0.2, 0.25) is 0 Å². The molecule has 0 radical (unpaired) electrons. The lowest BCUT2D eigenvalue weighted by Crippen LogP contribution is -2.09. The first-order chi connectivity index (χ1) is 19.5. The number of nitrogens with zero attached hydrogens (tertiary/aromatic N) is 2. The first kappa shape index (κ1) is 28.1. The first-order valence-electron chi connectivity index (χ1n) is 14.1. The molecule has 2 aliphatic rings. The highest BCUT2D eigenvalue weighted by atomic mass is 16.4. The fourth-order valence-corrected chi connectivity index (χ4v) is 6.41. The van der Waals surface area contributed by atoms with E-state index in [1.54, 1.807) is 6.92 Å². The van der Waals surface area contributed by atoms with Crippen LogP contribution in [0.3, 0.4) is 0 Å². The highest BCUT2D eigenvalue weighted by Crippen LogP contribution is 2.42. The molecule has 5 heterocycles. The van der Waals surface area contributed by atoms with Gasteiger partial charge in [0, 0.05) is 45.2 Å². The molecule has 8 heteroatoms. The maximum atomic E-state index is 12.6. The molecule has 2 atom stereocenters. The zero-order chi connectivity index (χ0) is 29.7. The van der Waals surface area contributed by atoms with Crippen LogP contribution in [0, 0.1) is 13.8 Å². The van der Waals surface area contributed by atoms with Crippen LogP contribution in [0.25, 0.3) is 39.3 Å². The Balaban J connectivity index is 2.08. The number of rotatable bonds is 6. The van der Waals surface area contributed by atoms with Crippen molar-refractivity contribution in [2.24, 2.45) is 0 Å². The van der Waals surface area contributed by atoms with Gasteiger partial charge in [-0.05, 0) is 74.1 Å². The summed E-state index contributed by atoms with van der Waals surface area (Å²) in [4.78, 5) is 41.6. The van der Waals surface area contributed by atoms with Crippen LogP contribution in [-0.2, 0) is 11.2 Å². The summed E-state index contributed by atoms with van der Waals surface area (Å²) in [5.41, 5.74) is 10.8. The number of aromatic amines is 2. The number of nitrogens with one attached hydrogen (secondary N) is 2. The van der Waals surface area contributed by atoms with Crippen molar-refractivity contribution >= 4 is 51.2 Å². The summed E-state index contributed by atoms with van der Waals surface area (Å²) >= 11 is 0. The fraction of sp³-hybridized carbons (Fsp3) is 0.333. The minimum atomic E-state index is -1.12. The van der Waals surface area contributed by atoms with Crippen molar-refractivity contribution in [3.8, 4) is 0 Å². The van der Waals surface area contributed by atoms with Gasteiger partial charge in [-0.15, -0.1) is 0 Å². The maximum absolute atomic E-state index is 12.6. The second kappa shape index (κ2) is 10.5. The van der Waals surface area contributed by atoms with E-state index in [0.29, 0.717) is 27.9 Å². The Morgan fingerprint density at radius 3 is 2.27 bits per heavy atom. The SMILES string of the molecule is C=Cc1c(C)c2cc3nc(c(CC(=O)O)c4[nH]c(cc5nc(cc1[nH]2)C(C)=C5CC)c(C)c4C(=O)O)[C@@H](CC)[C@@H]3C. The van der Waals surface area contributed by atoms with E-state index in [1.165, 1.54) is 0 Å². The van der Waals surface area contributed by atoms with Gasteiger partial charge in [-0.2, -0.15) is 0 Å². The summed E-state index contributed by atoms with van der Waals surface area (Å²) in [5, 5.41) is 20.3. The van der Waals surface area contributed by atoms with E-state index in [2.05, 4.69) is 30.4 Å². The fourth-order valence-electron chi connectivity index (χ4n) is 6.41. The molecule has 0 unspecified atom stereocenters. The molecule has 4 N–H and O–H groups in total. The van der Waals surface area contributed by atoms with Gasteiger partial charge in [0.05, 0.1) is 34.6 Å². The first-order valence-corrected chi connectivity index (χ1v) is 14.1. The number of carboxylic acid groups (broad SMARTS) is 2. The number of aliphatic carboxylic acids is 1. The summed E-state index contributed by atoms with van der Waals surface area (Å²) in [5.74, 6) is -2.24. The van der Waals surface area contributed by atoms with Crippen molar-refractivity contribution < 1.29 is 19.8 Å². The van der Waals surface area contributed by atoms with Gasteiger partial charge in [0.15, 0.2) is 0 Å². The summed E-state index contributed by atoms with van der Waals surface area (Å²) in [6, 6.07) is 5.94. The predicted molar refractivity (Wildman–Crippen MR) is 163 cm³/mol. The monoisotopic (exact) mass is 552 g/mol. The van der Waals surface area contributed by atoms with E-state index in [1.807, 2.05) is 45.0 Å². The zero-order valence-corrected chi connectivity index (χ0v) is 24.4. The molecule has 0 aliphatic carbocycles. The van der Waals surface area contributed by atoms with Crippen LogP contribution in [-0.4, -0.2) is 42.1 Å². The number of H-pyrrole nitrogens is 2. The van der Waals surface area contributed by atoms with Gasteiger partial charge >= 0.3 is 11.9 Å². The second-order valence-electron chi connectivity index (χ2n) is 11.0. The Morgan fingerprint density at radius 2 is 1.66 bits per heavy atom. The minimum absolute atomic E-state index is 0.000364. The summed E-state index contributed by atoms with van der Waals surface area (Å²) in [7, 11) is 0.